The van der Waals surface area contributed by atoms with E-state index >= 15 is 0 Å². The molecule has 1 aliphatic heterocycles. The minimum Gasteiger partial charge on any atom is -0.496 e. The predicted octanol–water partition coefficient (Wildman–Crippen LogP) is 2.80. The van der Waals surface area contributed by atoms with E-state index in [-0.39, 0.29) is 23.7 Å². The molecule has 1 amide bonds. The van der Waals surface area contributed by atoms with Crippen molar-refractivity contribution in [3.63, 3.8) is 0 Å². The number of carbonyl (C=O) groups excluding carboxylic acids is 1. The summed E-state index contributed by atoms with van der Waals surface area (Å²) >= 11 is 0. The monoisotopic (exact) mass is 333 g/mol. The first kappa shape index (κ1) is 17.2. The third-order valence-corrected chi connectivity index (χ3v) is 5.87. The van der Waals surface area contributed by atoms with Crippen LogP contribution in [-0.4, -0.2) is 56.4 Å². The molecular weight excluding hydrogens is 306 g/mol. The Bertz CT molecular complexity index is 617. The van der Waals surface area contributed by atoms with Crippen molar-refractivity contribution in [2.45, 2.75) is 50.4 Å². The average Bonchev–Trinajstić information content (AvgIpc) is 3.00. The second-order valence-electron chi connectivity index (χ2n) is 6.80. The molecule has 1 heterocycles. The van der Waals surface area contributed by atoms with E-state index in [1.54, 1.807) is 21.3 Å². The van der Waals surface area contributed by atoms with Crippen LogP contribution in [0.15, 0.2) is 18.2 Å². The summed E-state index contributed by atoms with van der Waals surface area (Å²) in [7, 11) is 5.15. The van der Waals surface area contributed by atoms with Crippen LogP contribution in [0.5, 0.6) is 5.75 Å². The fourth-order valence-corrected chi connectivity index (χ4v) is 4.34. The molecule has 132 valence electrons. The summed E-state index contributed by atoms with van der Waals surface area (Å²) in [6.07, 6.45) is 3.84. The van der Waals surface area contributed by atoms with E-state index in [4.69, 9.17) is 14.2 Å². The largest absolute Gasteiger partial charge is 0.496 e. The molecule has 5 nitrogen and oxygen atoms in total. The minimum absolute atomic E-state index is 0.0621. The lowest BCUT2D eigenvalue weighted by molar-refractivity contribution is -0.0893. The van der Waals surface area contributed by atoms with Crippen LogP contribution in [0.1, 0.15) is 41.6 Å². The maximum Gasteiger partial charge on any atom is 0.254 e. The number of fused-ring (bicyclic) bond motifs is 1. The van der Waals surface area contributed by atoms with Crippen molar-refractivity contribution >= 4 is 5.91 Å². The van der Waals surface area contributed by atoms with E-state index < -0.39 is 0 Å². The Morgan fingerprint density at radius 3 is 2.71 bits per heavy atom. The van der Waals surface area contributed by atoms with Crippen molar-refractivity contribution in [3.05, 3.63) is 29.3 Å². The average molecular weight is 333 g/mol. The van der Waals surface area contributed by atoms with Gasteiger partial charge in [0.05, 0.1) is 24.9 Å². The Morgan fingerprint density at radius 2 is 2.04 bits per heavy atom. The molecule has 1 aromatic rings. The smallest absolute Gasteiger partial charge is 0.254 e. The van der Waals surface area contributed by atoms with Gasteiger partial charge in [-0.2, -0.15) is 0 Å². The Hall–Kier alpha value is -1.59. The van der Waals surface area contributed by atoms with Gasteiger partial charge in [-0.1, -0.05) is 6.07 Å². The van der Waals surface area contributed by atoms with E-state index in [2.05, 4.69) is 0 Å². The molecule has 24 heavy (non-hydrogen) atoms. The highest BCUT2D eigenvalue weighted by atomic mass is 16.5. The fraction of sp³-hybridized carbons (Fsp3) is 0.632. The summed E-state index contributed by atoms with van der Waals surface area (Å²) in [4.78, 5) is 15.2. The van der Waals surface area contributed by atoms with Gasteiger partial charge < -0.3 is 19.1 Å². The van der Waals surface area contributed by atoms with Crippen LogP contribution in [0.25, 0.3) is 0 Å². The molecule has 0 N–H and O–H groups in total. The summed E-state index contributed by atoms with van der Waals surface area (Å²) < 4.78 is 16.8. The molecule has 0 bridgehead atoms. The molecule has 3 rings (SSSR count). The summed E-state index contributed by atoms with van der Waals surface area (Å²) in [5, 5.41) is 0. The lowest BCUT2D eigenvalue weighted by Gasteiger charge is -2.43. The number of rotatable bonds is 4. The predicted molar refractivity (Wildman–Crippen MR) is 91.6 cm³/mol. The lowest BCUT2D eigenvalue weighted by Crippen LogP contribution is -2.53. The van der Waals surface area contributed by atoms with Gasteiger partial charge in [0.25, 0.3) is 5.91 Å². The number of methoxy groups -OCH3 is 3. The molecular formula is C19H27NO4. The number of benzene rings is 1. The van der Waals surface area contributed by atoms with Gasteiger partial charge in [0, 0.05) is 31.9 Å². The molecule has 1 aromatic carbocycles. The minimum atomic E-state index is -0.225. The van der Waals surface area contributed by atoms with Crippen molar-refractivity contribution in [3.8, 4) is 5.75 Å². The zero-order chi connectivity index (χ0) is 17.3. The molecule has 0 aromatic heterocycles. The zero-order valence-electron chi connectivity index (χ0n) is 15.0. The van der Waals surface area contributed by atoms with Gasteiger partial charge in [-0.15, -0.1) is 0 Å². The topological polar surface area (TPSA) is 48.0 Å². The van der Waals surface area contributed by atoms with Crippen molar-refractivity contribution in [1.29, 1.82) is 0 Å². The van der Waals surface area contributed by atoms with Gasteiger partial charge in [0.15, 0.2) is 0 Å². The van der Waals surface area contributed by atoms with Gasteiger partial charge in [0.2, 0.25) is 0 Å². The second kappa shape index (κ2) is 6.73. The van der Waals surface area contributed by atoms with Crippen molar-refractivity contribution in [1.82, 2.24) is 4.90 Å². The number of hydrogen-bond acceptors (Lipinski definition) is 4. The van der Waals surface area contributed by atoms with Crippen molar-refractivity contribution < 1.29 is 19.0 Å². The van der Waals surface area contributed by atoms with Crippen LogP contribution in [0.4, 0.5) is 0 Å². The third-order valence-electron chi connectivity index (χ3n) is 5.87. The van der Waals surface area contributed by atoms with E-state index in [1.807, 2.05) is 30.0 Å². The first-order valence-electron chi connectivity index (χ1n) is 8.59. The van der Waals surface area contributed by atoms with Crippen molar-refractivity contribution in [2.75, 3.05) is 27.9 Å². The summed E-state index contributed by atoms with van der Waals surface area (Å²) in [5.74, 6) is 0.809. The highest BCUT2D eigenvalue weighted by Gasteiger charge is 2.52. The Balaban J connectivity index is 1.90. The Labute approximate surface area is 143 Å². The summed E-state index contributed by atoms with van der Waals surface area (Å²) in [6, 6.07) is 5.71. The Morgan fingerprint density at radius 1 is 1.25 bits per heavy atom. The van der Waals surface area contributed by atoms with Gasteiger partial charge >= 0.3 is 0 Å². The molecule has 1 saturated heterocycles. The zero-order valence-corrected chi connectivity index (χ0v) is 15.0. The van der Waals surface area contributed by atoms with Crippen LogP contribution < -0.4 is 4.74 Å². The van der Waals surface area contributed by atoms with Gasteiger partial charge in [-0.25, -0.2) is 0 Å². The van der Waals surface area contributed by atoms with Crippen molar-refractivity contribution in [2.24, 2.45) is 0 Å². The molecule has 1 saturated carbocycles. The molecule has 2 fully saturated rings. The lowest BCUT2D eigenvalue weighted by atomic mass is 9.79. The first-order chi connectivity index (χ1) is 11.6. The van der Waals surface area contributed by atoms with Gasteiger partial charge in [-0.3, -0.25) is 4.79 Å². The maximum atomic E-state index is 13.2. The van der Waals surface area contributed by atoms with Crippen LogP contribution in [-0.2, 0) is 9.47 Å². The molecule has 5 heteroatoms. The first-order valence-corrected chi connectivity index (χ1v) is 8.59. The molecule has 0 unspecified atom stereocenters. The summed E-state index contributed by atoms with van der Waals surface area (Å²) in [5.41, 5.74) is 1.37. The number of hydrogen-bond donors (Lipinski definition) is 0. The molecule has 0 spiro atoms. The second-order valence-corrected chi connectivity index (χ2v) is 6.80. The van der Waals surface area contributed by atoms with Gasteiger partial charge in [-0.05, 0) is 44.7 Å². The third kappa shape index (κ3) is 2.70. The van der Waals surface area contributed by atoms with Crippen LogP contribution in [0.2, 0.25) is 0 Å². The number of carbonyl (C=O) groups is 1. The molecule has 0 radical (unpaired) electrons. The van der Waals surface area contributed by atoms with E-state index in [9.17, 15) is 4.79 Å². The number of nitrogens with zero attached hydrogens (tertiary/aromatic N) is 1. The molecule has 2 aliphatic rings. The number of likely N-dealkylation sites (tertiary alicyclic amines) is 1. The maximum absolute atomic E-state index is 13.2. The van der Waals surface area contributed by atoms with Crippen LogP contribution in [0, 0.1) is 6.92 Å². The van der Waals surface area contributed by atoms with Crippen LogP contribution >= 0.6 is 0 Å². The fourth-order valence-electron chi connectivity index (χ4n) is 4.34. The summed E-state index contributed by atoms with van der Waals surface area (Å²) in [6.45, 7) is 2.66. The highest BCUT2D eigenvalue weighted by molar-refractivity contribution is 5.96. The SMILES string of the molecule is COc1cccc(C(=O)N2CC[C@]3(OC)CC[C@@H](OC)C[C@H]23)c1C. The van der Waals surface area contributed by atoms with E-state index in [0.717, 1.165) is 43.5 Å². The Kier molecular flexibility index (Phi) is 4.83. The number of ether oxygens (including phenoxy) is 3. The number of amides is 1. The molecule has 1 aliphatic carbocycles. The normalized spacial score (nSPS) is 29.4. The van der Waals surface area contributed by atoms with E-state index in [0.29, 0.717) is 5.56 Å². The van der Waals surface area contributed by atoms with Gasteiger partial charge in [0.1, 0.15) is 5.75 Å². The van der Waals surface area contributed by atoms with Crippen LogP contribution in [0.3, 0.4) is 0 Å². The quantitative estimate of drug-likeness (QED) is 0.850. The highest BCUT2D eigenvalue weighted by Crippen LogP contribution is 2.43. The molecule has 3 atom stereocenters. The standard InChI is InChI=1S/C19H27NO4/c1-13-15(6-5-7-16(13)23-3)18(21)20-11-10-19(24-4)9-8-14(22-2)12-17(19)20/h5-7,14,17H,8-12H2,1-4H3/t14-,17+,19-/m1/s1. The van der Waals surface area contributed by atoms with E-state index in [1.165, 1.54) is 0 Å².